The van der Waals surface area contributed by atoms with Crippen LogP contribution in [0.3, 0.4) is 0 Å². The van der Waals surface area contributed by atoms with Crippen molar-refractivity contribution in [1.29, 1.82) is 0 Å². The van der Waals surface area contributed by atoms with Crippen LogP contribution in [0.5, 0.6) is 0 Å². The molecule has 0 saturated carbocycles. The van der Waals surface area contributed by atoms with Crippen molar-refractivity contribution >= 4 is 17.9 Å². The lowest BCUT2D eigenvalue weighted by Gasteiger charge is -2.18. The molecule has 6 heteroatoms. The fourth-order valence-electron chi connectivity index (χ4n) is 10.2. The largest absolute Gasteiger partial charge is 0.462 e. The standard InChI is InChI=1S/C66H128O6/c1-7-62(6)54-48-42-36-30-26-27-33-39-45-51-57-66(69)72-63(59-71-65(68)56-50-44-38-32-25-21-17-13-12-15-19-23-29-35-41-47-53-61(4)5)58-70-64(67)55-49-43-37-31-24-20-16-11-9-8-10-14-18-22-28-34-40-46-52-60(2)3/h60-63H,7-59H2,1-6H3/t62?,63-/m1/s1. The molecule has 72 heavy (non-hydrogen) atoms. The molecule has 0 radical (unpaired) electrons. The lowest BCUT2D eigenvalue weighted by atomic mass is 9.99. The third kappa shape index (κ3) is 57.7. The van der Waals surface area contributed by atoms with Crippen LogP contribution in [-0.4, -0.2) is 37.2 Å². The first kappa shape index (κ1) is 70.4. The second kappa shape index (κ2) is 57.1. The molecule has 0 aromatic heterocycles. The molecular formula is C66H128O6. The van der Waals surface area contributed by atoms with Gasteiger partial charge in [0.15, 0.2) is 6.10 Å². The number of esters is 3. The van der Waals surface area contributed by atoms with Gasteiger partial charge in [0.05, 0.1) is 0 Å². The topological polar surface area (TPSA) is 78.9 Å². The molecule has 0 N–H and O–H groups in total. The van der Waals surface area contributed by atoms with E-state index >= 15 is 0 Å². The Labute approximate surface area is 450 Å². The summed E-state index contributed by atoms with van der Waals surface area (Å²) in [5.41, 5.74) is 0. The summed E-state index contributed by atoms with van der Waals surface area (Å²) < 4.78 is 17.0. The zero-order valence-corrected chi connectivity index (χ0v) is 49.7. The van der Waals surface area contributed by atoms with E-state index < -0.39 is 6.10 Å². The molecule has 0 aliphatic carbocycles. The molecule has 0 aliphatic rings. The van der Waals surface area contributed by atoms with Crippen molar-refractivity contribution in [3.8, 4) is 0 Å². The molecule has 0 heterocycles. The number of carbonyl (C=O) groups excluding carboxylic acids is 3. The van der Waals surface area contributed by atoms with Crippen molar-refractivity contribution in [3.05, 3.63) is 0 Å². The van der Waals surface area contributed by atoms with Crippen LogP contribution in [0.2, 0.25) is 0 Å². The second-order valence-corrected chi connectivity index (χ2v) is 24.0. The Morgan fingerprint density at radius 3 is 0.722 bits per heavy atom. The van der Waals surface area contributed by atoms with E-state index in [1.165, 1.54) is 250 Å². The minimum Gasteiger partial charge on any atom is -0.462 e. The van der Waals surface area contributed by atoms with E-state index in [4.69, 9.17) is 14.2 Å². The van der Waals surface area contributed by atoms with Crippen molar-refractivity contribution in [2.24, 2.45) is 17.8 Å². The van der Waals surface area contributed by atoms with E-state index in [9.17, 15) is 14.4 Å². The van der Waals surface area contributed by atoms with E-state index in [0.717, 1.165) is 75.5 Å². The van der Waals surface area contributed by atoms with Crippen molar-refractivity contribution in [3.63, 3.8) is 0 Å². The lowest BCUT2D eigenvalue weighted by molar-refractivity contribution is -0.167. The highest BCUT2D eigenvalue weighted by Crippen LogP contribution is 2.20. The molecule has 0 aromatic rings. The molecule has 0 aromatic carbocycles. The SMILES string of the molecule is CCC(C)CCCCCCCCCCCCC(=O)O[C@H](COC(=O)CCCCCCCCCCCCCCCCCCCCC(C)C)COC(=O)CCCCCCCCCCCCCCCCCCC(C)C. The first-order valence-electron chi connectivity index (χ1n) is 32.6. The molecule has 0 rings (SSSR count). The van der Waals surface area contributed by atoms with Gasteiger partial charge in [-0.3, -0.25) is 14.4 Å². The number of unbranched alkanes of at least 4 members (excludes halogenated alkanes) is 41. The Balaban J connectivity index is 4.25. The van der Waals surface area contributed by atoms with Gasteiger partial charge < -0.3 is 14.2 Å². The van der Waals surface area contributed by atoms with Crippen LogP contribution in [0.1, 0.15) is 369 Å². The van der Waals surface area contributed by atoms with Gasteiger partial charge in [-0.2, -0.15) is 0 Å². The summed E-state index contributed by atoms with van der Waals surface area (Å²) in [6.07, 6.45) is 62.4. The van der Waals surface area contributed by atoms with E-state index in [-0.39, 0.29) is 31.1 Å². The molecule has 0 aliphatic heterocycles. The summed E-state index contributed by atoms with van der Waals surface area (Å²) in [7, 11) is 0. The van der Waals surface area contributed by atoms with E-state index in [2.05, 4.69) is 41.5 Å². The predicted molar refractivity (Wildman–Crippen MR) is 312 cm³/mol. The van der Waals surface area contributed by atoms with Gasteiger partial charge in [-0.25, -0.2) is 0 Å². The minimum atomic E-state index is -0.765. The third-order valence-corrected chi connectivity index (χ3v) is 15.5. The van der Waals surface area contributed by atoms with Gasteiger partial charge >= 0.3 is 17.9 Å². The lowest BCUT2D eigenvalue weighted by Crippen LogP contribution is -2.30. The highest BCUT2D eigenvalue weighted by atomic mass is 16.6. The quantitative estimate of drug-likeness (QED) is 0.0343. The summed E-state index contributed by atoms with van der Waals surface area (Å²) in [6.45, 7) is 13.8. The Bertz CT molecular complexity index is 1120. The highest BCUT2D eigenvalue weighted by molar-refractivity contribution is 5.71. The molecule has 2 atom stereocenters. The fourth-order valence-corrected chi connectivity index (χ4v) is 10.2. The molecule has 0 bridgehead atoms. The number of hydrogen-bond donors (Lipinski definition) is 0. The second-order valence-electron chi connectivity index (χ2n) is 24.0. The van der Waals surface area contributed by atoms with Crippen molar-refractivity contribution < 1.29 is 28.6 Å². The molecule has 0 fully saturated rings. The van der Waals surface area contributed by atoms with Crippen molar-refractivity contribution in [2.75, 3.05) is 13.2 Å². The van der Waals surface area contributed by atoms with Crippen LogP contribution < -0.4 is 0 Å². The van der Waals surface area contributed by atoms with Crippen LogP contribution >= 0.6 is 0 Å². The van der Waals surface area contributed by atoms with Crippen LogP contribution in [-0.2, 0) is 28.6 Å². The van der Waals surface area contributed by atoms with Gasteiger partial charge in [0, 0.05) is 19.3 Å². The number of carbonyl (C=O) groups is 3. The van der Waals surface area contributed by atoms with E-state index in [1.807, 2.05) is 0 Å². The first-order chi connectivity index (χ1) is 35.1. The van der Waals surface area contributed by atoms with Gasteiger partial charge in [0.2, 0.25) is 0 Å². The molecule has 0 saturated heterocycles. The Hall–Kier alpha value is -1.59. The molecular weight excluding hydrogens is 889 g/mol. The maximum atomic E-state index is 12.9. The summed E-state index contributed by atoms with van der Waals surface area (Å²) in [5, 5.41) is 0. The Kier molecular flexibility index (Phi) is 55.9. The first-order valence-corrected chi connectivity index (χ1v) is 32.6. The summed E-state index contributed by atoms with van der Waals surface area (Å²) in [6, 6.07) is 0. The van der Waals surface area contributed by atoms with E-state index in [1.54, 1.807) is 0 Å². The van der Waals surface area contributed by atoms with Gasteiger partial charge in [0.1, 0.15) is 13.2 Å². The zero-order chi connectivity index (χ0) is 52.6. The summed E-state index contributed by atoms with van der Waals surface area (Å²) >= 11 is 0. The normalized spacial score (nSPS) is 12.5. The monoisotopic (exact) mass is 1020 g/mol. The predicted octanol–water partition coefficient (Wildman–Crippen LogP) is 21.8. The maximum absolute atomic E-state index is 12.9. The molecule has 428 valence electrons. The molecule has 6 nitrogen and oxygen atoms in total. The van der Waals surface area contributed by atoms with E-state index in [0.29, 0.717) is 19.3 Å². The van der Waals surface area contributed by atoms with Crippen LogP contribution in [0.4, 0.5) is 0 Å². The minimum absolute atomic E-state index is 0.0627. The number of ether oxygens (including phenoxy) is 3. The fraction of sp³-hybridized carbons (Fsp3) is 0.955. The average Bonchev–Trinajstić information content (AvgIpc) is 3.36. The average molecular weight is 1020 g/mol. The Morgan fingerprint density at radius 1 is 0.278 bits per heavy atom. The summed E-state index contributed by atoms with van der Waals surface area (Å²) in [4.78, 5) is 38.3. The molecule has 0 amide bonds. The van der Waals surface area contributed by atoms with Crippen LogP contribution in [0.25, 0.3) is 0 Å². The summed E-state index contributed by atoms with van der Waals surface area (Å²) in [5.74, 6) is 1.74. The number of rotatable bonds is 59. The third-order valence-electron chi connectivity index (χ3n) is 15.5. The van der Waals surface area contributed by atoms with Crippen molar-refractivity contribution in [2.45, 2.75) is 375 Å². The maximum Gasteiger partial charge on any atom is 0.306 e. The van der Waals surface area contributed by atoms with Gasteiger partial charge in [-0.1, -0.05) is 330 Å². The van der Waals surface area contributed by atoms with Crippen molar-refractivity contribution in [1.82, 2.24) is 0 Å². The Morgan fingerprint density at radius 2 is 0.486 bits per heavy atom. The number of hydrogen-bond acceptors (Lipinski definition) is 6. The van der Waals surface area contributed by atoms with Gasteiger partial charge in [-0.15, -0.1) is 0 Å². The van der Waals surface area contributed by atoms with Gasteiger partial charge in [0.25, 0.3) is 0 Å². The zero-order valence-electron chi connectivity index (χ0n) is 49.7. The van der Waals surface area contributed by atoms with Crippen LogP contribution in [0.15, 0.2) is 0 Å². The highest BCUT2D eigenvalue weighted by Gasteiger charge is 2.19. The molecule has 1 unspecified atom stereocenters. The smallest absolute Gasteiger partial charge is 0.306 e. The molecule has 0 spiro atoms. The van der Waals surface area contributed by atoms with Gasteiger partial charge in [-0.05, 0) is 37.0 Å². The van der Waals surface area contributed by atoms with Crippen LogP contribution in [0, 0.1) is 17.8 Å².